The number of hydrogen-bond acceptors (Lipinski definition) is 3. The van der Waals surface area contributed by atoms with Gasteiger partial charge in [0.15, 0.2) is 0 Å². The molecule has 0 spiro atoms. The molecule has 1 N–H and O–H groups in total. The van der Waals surface area contributed by atoms with Crippen LogP contribution < -0.4 is 5.32 Å². The quantitative estimate of drug-likeness (QED) is 0.551. The highest BCUT2D eigenvalue weighted by Crippen LogP contribution is 2.24. The van der Waals surface area contributed by atoms with Crippen molar-refractivity contribution < 1.29 is 26.4 Å². The molecule has 10 heteroatoms. The fourth-order valence-corrected chi connectivity index (χ4v) is 4.43. The van der Waals surface area contributed by atoms with Gasteiger partial charge in [0.1, 0.15) is 28.0 Å². The van der Waals surface area contributed by atoms with Gasteiger partial charge in [-0.25, -0.2) is 21.6 Å². The molecule has 5 nitrogen and oxygen atoms in total. The summed E-state index contributed by atoms with van der Waals surface area (Å²) in [6.07, 6.45) is 0. The monoisotopic (exact) mass is 468 g/mol. The molecular formula is C21H16ClF3N2O3S. The summed E-state index contributed by atoms with van der Waals surface area (Å²) in [5.41, 5.74) is -0.359. The zero-order valence-electron chi connectivity index (χ0n) is 15.9. The molecule has 0 bridgehead atoms. The van der Waals surface area contributed by atoms with Crippen molar-refractivity contribution in [2.75, 3.05) is 11.9 Å². The summed E-state index contributed by atoms with van der Waals surface area (Å²) in [6.45, 7) is -1.21. The minimum atomic E-state index is -4.50. The number of nitrogens with zero attached hydrogens (tertiary/aromatic N) is 1. The van der Waals surface area contributed by atoms with Crippen molar-refractivity contribution in [1.29, 1.82) is 0 Å². The van der Waals surface area contributed by atoms with E-state index in [0.29, 0.717) is 9.87 Å². The predicted octanol–water partition coefficient (Wildman–Crippen LogP) is 4.59. The van der Waals surface area contributed by atoms with Crippen LogP contribution in [0.15, 0.2) is 71.6 Å². The lowest BCUT2D eigenvalue weighted by atomic mass is 10.2. The Morgan fingerprint density at radius 1 is 0.871 bits per heavy atom. The van der Waals surface area contributed by atoms with E-state index < -0.39 is 50.5 Å². The summed E-state index contributed by atoms with van der Waals surface area (Å²) in [4.78, 5) is 11.8. The van der Waals surface area contributed by atoms with E-state index in [2.05, 4.69) is 0 Å². The number of benzene rings is 3. The second kappa shape index (κ2) is 9.51. The van der Waals surface area contributed by atoms with Crippen molar-refractivity contribution >= 4 is 33.2 Å². The molecule has 0 aromatic heterocycles. The number of para-hydroxylation sites is 1. The Morgan fingerprint density at radius 3 is 2.10 bits per heavy atom. The molecule has 162 valence electrons. The van der Waals surface area contributed by atoms with Crippen LogP contribution in [0.2, 0.25) is 5.02 Å². The lowest BCUT2D eigenvalue weighted by Crippen LogP contribution is -2.38. The number of carbonyl (C=O) groups excluding carboxylic acids is 1. The highest BCUT2D eigenvalue weighted by molar-refractivity contribution is 7.89. The average Bonchev–Trinajstić information content (AvgIpc) is 2.72. The summed E-state index contributed by atoms with van der Waals surface area (Å²) in [6, 6.07) is 14.0. The minimum Gasteiger partial charge on any atom is -0.320 e. The molecule has 0 atom stereocenters. The van der Waals surface area contributed by atoms with E-state index in [4.69, 9.17) is 11.6 Å². The lowest BCUT2D eigenvalue weighted by Gasteiger charge is -2.23. The normalized spacial score (nSPS) is 11.5. The van der Waals surface area contributed by atoms with Crippen molar-refractivity contribution in [2.45, 2.75) is 11.4 Å². The number of nitrogens with one attached hydrogen (secondary N) is 1. The summed E-state index contributed by atoms with van der Waals surface area (Å²) in [5.74, 6) is -4.07. The van der Waals surface area contributed by atoms with Gasteiger partial charge in [-0.05, 0) is 35.9 Å². The molecule has 0 saturated carbocycles. The topological polar surface area (TPSA) is 66.5 Å². The number of anilines is 1. The molecule has 0 radical (unpaired) electrons. The van der Waals surface area contributed by atoms with E-state index in [1.807, 2.05) is 5.32 Å². The molecule has 0 aliphatic rings. The summed E-state index contributed by atoms with van der Waals surface area (Å²) in [5, 5.41) is 2.26. The van der Waals surface area contributed by atoms with Crippen LogP contribution in [0.1, 0.15) is 5.56 Å². The van der Waals surface area contributed by atoms with Crippen molar-refractivity contribution in [1.82, 2.24) is 4.31 Å². The van der Waals surface area contributed by atoms with Gasteiger partial charge in [-0.1, -0.05) is 48.0 Å². The van der Waals surface area contributed by atoms with Crippen molar-refractivity contribution in [3.8, 4) is 0 Å². The van der Waals surface area contributed by atoms with Crippen LogP contribution in [0.4, 0.5) is 18.9 Å². The van der Waals surface area contributed by atoms with Gasteiger partial charge in [0.05, 0.1) is 6.54 Å². The van der Waals surface area contributed by atoms with Gasteiger partial charge in [-0.2, -0.15) is 4.31 Å². The molecule has 0 fully saturated rings. The van der Waals surface area contributed by atoms with Crippen LogP contribution in [0.5, 0.6) is 0 Å². The van der Waals surface area contributed by atoms with E-state index in [1.54, 1.807) is 18.2 Å². The van der Waals surface area contributed by atoms with Crippen molar-refractivity contribution in [3.05, 3.63) is 94.8 Å². The Morgan fingerprint density at radius 2 is 1.45 bits per heavy atom. The molecule has 31 heavy (non-hydrogen) atoms. The van der Waals surface area contributed by atoms with Gasteiger partial charge in [0.2, 0.25) is 15.9 Å². The molecule has 0 aliphatic heterocycles. The molecule has 1 amide bonds. The number of rotatable bonds is 7. The van der Waals surface area contributed by atoms with Crippen LogP contribution in [-0.2, 0) is 21.4 Å². The van der Waals surface area contributed by atoms with E-state index in [1.165, 1.54) is 18.2 Å². The number of sulfonamides is 1. The van der Waals surface area contributed by atoms with Crippen LogP contribution in [0.25, 0.3) is 0 Å². The molecule has 3 aromatic rings. The van der Waals surface area contributed by atoms with Crippen LogP contribution in [-0.4, -0.2) is 25.2 Å². The van der Waals surface area contributed by atoms with E-state index in [-0.39, 0.29) is 11.6 Å². The Bertz CT molecular complexity index is 1200. The third kappa shape index (κ3) is 5.25. The van der Waals surface area contributed by atoms with Crippen LogP contribution in [0.3, 0.4) is 0 Å². The Labute approximate surface area is 182 Å². The molecule has 0 aliphatic carbocycles. The Hall–Kier alpha value is -2.88. The van der Waals surface area contributed by atoms with Gasteiger partial charge in [-0.15, -0.1) is 0 Å². The highest BCUT2D eigenvalue weighted by Gasteiger charge is 2.30. The zero-order valence-corrected chi connectivity index (χ0v) is 17.4. The molecular weight excluding hydrogens is 453 g/mol. The van der Waals surface area contributed by atoms with Gasteiger partial charge < -0.3 is 5.32 Å². The standard InChI is InChI=1S/C21H16ClF3N2O3S/c22-15-7-2-1-6-14(15)12-27(31(29,30)19-11-4-3-8-16(19)23)13-20(28)26-21-17(24)9-5-10-18(21)25/h1-11H,12-13H2,(H,26,28). The highest BCUT2D eigenvalue weighted by atomic mass is 35.5. The SMILES string of the molecule is O=C(CN(Cc1ccccc1Cl)S(=O)(=O)c1ccccc1F)Nc1c(F)cccc1F. The zero-order chi connectivity index (χ0) is 22.6. The third-order valence-electron chi connectivity index (χ3n) is 4.31. The summed E-state index contributed by atoms with van der Waals surface area (Å²) < 4.78 is 68.8. The van der Waals surface area contributed by atoms with Gasteiger partial charge in [0, 0.05) is 11.6 Å². The second-order valence-corrected chi connectivity index (χ2v) is 8.75. The molecule has 0 heterocycles. The van der Waals surface area contributed by atoms with E-state index in [0.717, 1.165) is 30.3 Å². The maximum Gasteiger partial charge on any atom is 0.246 e. The Kier molecular flexibility index (Phi) is 6.99. The molecule has 3 rings (SSSR count). The van der Waals surface area contributed by atoms with Crippen molar-refractivity contribution in [3.63, 3.8) is 0 Å². The van der Waals surface area contributed by atoms with Gasteiger partial charge in [0.25, 0.3) is 0 Å². The van der Waals surface area contributed by atoms with E-state index >= 15 is 0 Å². The average molecular weight is 469 g/mol. The first-order chi connectivity index (χ1) is 14.7. The first kappa shape index (κ1) is 22.8. The number of halogens is 4. The van der Waals surface area contributed by atoms with E-state index in [9.17, 15) is 26.4 Å². The minimum absolute atomic E-state index is 0.233. The molecule has 0 unspecified atom stereocenters. The smallest absolute Gasteiger partial charge is 0.246 e. The van der Waals surface area contributed by atoms with Gasteiger partial charge >= 0.3 is 0 Å². The second-order valence-electron chi connectivity index (χ2n) is 6.44. The molecule has 0 saturated heterocycles. The summed E-state index contributed by atoms with van der Waals surface area (Å²) in [7, 11) is -4.50. The van der Waals surface area contributed by atoms with Crippen LogP contribution in [0, 0.1) is 17.5 Å². The lowest BCUT2D eigenvalue weighted by molar-refractivity contribution is -0.116. The number of carbonyl (C=O) groups is 1. The maximum atomic E-state index is 14.2. The number of hydrogen-bond donors (Lipinski definition) is 1. The largest absolute Gasteiger partial charge is 0.320 e. The number of amides is 1. The predicted molar refractivity (Wildman–Crippen MR) is 110 cm³/mol. The fourth-order valence-electron chi connectivity index (χ4n) is 2.79. The third-order valence-corrected chi connectivity index (χ3v) is 6.50. The maximum absolute atomic E-state index is 14.2. The Balaban J connectivity index is 1.95. The molecule has 3 aromatic carbocycles. The first-order valence-corrected chi connectivity index (χ1v) is 10.7. The fraction of sp³-hybridized carbons (Fsp3) is 0.0952. The summed E-state index contributed by atoms with van der Waals surface area (Å²) >= 11 is 6.11. The first-order valence-electron chi connectivity index (χ1n) is 8.92. The van der Waals surface area contributed by atoms with Crippen LogP contribution >= 0.6 is 11.6 Å². The van der Waals surface area contributed by atoms with Crippen molar-refractivity contribution in [2.24, 2.45) is 0 Å². The van der Waals surface area contributed by atoms with Gasteiger partial charge in [-0.3, -0.25) is 4.79 Å².